The first-order valence-corrected chi connectivity index (χ1v) is 5.70. The van der Waals surface area contributed by atoms with Gasteiger partial charge in [-0.1, -0.05) is 19.3 Å². The van der Waals surface area contributed by atoms with E-state index in [-0.39, 0.29) is 5.60 Å². The SMILES string of the molecule is CN=C(NC)NCC1(OC)CCCCC1. The molecule has 1 aliphatic carbocycles. The van der Waals surface area contributed by atoms with Gasteiger partial charge in [0.2, 0.25) is 0 Å². The van der Waals surface area contributed by atoms with Crippen molar-refractivity contribution in [3.8, 4) is 0 Å². The zero-order chi connectivity index (χ0) is 11.1. The van der Waals surface area contributed by atoms with Crippen molar-refractivity contribution in [1.29, 1.82) is 0 Å². The second-order valence-electron chi connectivity index (χ2n) is 4.12. The van der Waals surface area contributed by atoms with E-state index in [1.807, 2.05) is 14.2 Å². The summed E-state index contributed by atoms with van der Waals surface area (Å²) >= 11 is 0. The van der Waals surface area contributed by atoms with Crippen LogP contribution in [0.25, 0.3) is 0 Å². The Morgan fingerprint density at radius 2 is 2.00 bits per heavy atom. The average Bonchev–Trinajstić information content (AvgIpc) is 2.31. The van der Waals surface area contributed by atoms with Gasteiger partial charge < -0.3 is 15.4 Å². The normalized spacial score (nSPS) is 21.1. The molecule has 1 saturated carbocycles. The van der Waals surface area contributed by atoms with Crippen molar-refractivity contribution in [2.45, 2.75) is 37.7 Å². The van der Waals surface area contributed by atoms with E-state index in [0.717, 1.165) is 25.3 Å². The monoisotopic (exact) mass is 213 g/mol. The first kappa shape index (κ1) is 12.3. The van der Waals surface area contributed by atoms with Gasteiger partial charge in [0, 0.05) is 27.7 Å². The molecule has 4 nitrogen and oxygen atoms in total. The van der Waals surface area contributed by atoms with Crippen molar-refractivity contribution in [3.05, 3.63) is 0 Å². The van der Waals surface area contributed by atoms with Crippen LogP contribution in [0, 0.1) is 0 Å². The third-order valence-electron chi connectivity index (χ3n) is 3.24. The largest absolute Gasteiger partial charge is 0.376 e. The van der Waals surface area contributed by atoms with Crippen LogP contribution in [0.2, 0.25) is 0 Å². The van der Waals surface area contributed by atoms with Crippen LogP contribution in [0.3, 0.4) is 0 Å². The van der Waals surface area contributed by atoms with Crippen molar-refractivity contribution in [2.75, 3.05) is 27.7 Å². The minimum Gasteiger partial charge on any atom is -0.376 e. The zero-order valence-corrected chi connectivity index (χ0v) is 10.1. The Hall–Kier alpha value is -0.770. The van der Waals surface area contributed by atoms with Crippen LogP contribution in [-0.4, -0.2) is 39.3 Å². The number of rotatable bonds is 3. The highest BCUT2D eigenvalue weighted by atomic mass is 16.5. The van der Waals surface area contributed by atoms with Gasteiger partial charge in [-0.3, -0.25) is 4.99 Å². The quantitative estimate of drug-likeness (QED) is 0.546. The number of guanidine groups is 1. The van der Waals surface area contributed by atoms with Crippen LogP contribution in [0.1, 0.15) is 32.1 Å². The van der Waals surface area contributed by atoms with Crippen LogP contribution < -0.4 is 10.6 Å². The number of ether oxygens (including phenoxy) is 1. The number of nitrogens with one attached hydrogen (secondary N) is 2. The first-order chi connectivity index (χ1) is 7.26. The van der Waals surface area contributed by atoms with Gasteiger partial charge in [-0.25, -0.2) is 0 Å². The molecule has 0 heterocycles. The molecule has 0 amide bonds. The van der Waals surface area contributed by atoms with E-state index < -0.39 is 0 Å². The molecule has 1 rings (SSSR count). The third kappa shape index (κ3) is 3.38. The van der Waals surface area contributed by atoms with Crippen LogP contribution in [0.15, 0.2) is 4.99 Å². The number of nitrogens with zero attached hydrogens (tertiary/aromatic N) is 1. The summed E-state index contributed by atoms with van der Waals surface area (Å²) in [6, 6.07) is 0. The predicted octanol–water partition coefficient (Wildman–Crippen LogP) is 1.13. The number of aliphatic imine (C=N–C) groups is 1. The minimum absolute atomic E-state index is 0.0189. The Labute approximate surface area is 92.5 Å². The smallest absolute Gasteiger partial charge is 0.190 e. The fraction of sp³-hybridized carbons (Fsp3) is 0.909. The van der Waals surface area contributed by atoms with Crippen LogP contribution >= 0.6 is 0 Å². The molecule has 0 atom stereocenters. The van der Waals surface area contributed by atoms with Crippen LogP contribution in [0.5, 0.6) is 0 Å². The van der Waals surface area contributed by atoms with E-state index in [9.17, 15) is 0 Å². The van der Waals surface area contributed by atoms with Crippen LogP contribution in [-0.2, 0) is 4.74 Å². The first-order valence-electron chi connectivity index (χ1n) is 5.70. The van der Waals surface area contributed by atoms with E-state index >= 15 is 0 Å². The van der Waals surface area contributed by atoms with Gasteiger partial charge in [-0.2, -0.15) is 0 Å². The molecule has 2 N–H and O–H groups in total. The highest BCUT2D eigenvalue weighted by Gasteiger charge is 2.31. The maximum atomic E-state index is 5.67. The van der Waals surface area contributed by atoms with E-state index in [4.69, 9.17) is 4.74 Å². The molecule has 4 heteroatoms. The van der Waals surface area contributed by atoms with Crippen molar-refractivity contribution < 1.29 is 4.74 Å². The molecule has 0 bridgehead atoms. The standard InChI is InChI=1S/C11H23N3O/c1-12-10(13-2)14-9-11(15-3)7-5-4-6-8-11/h4-9H2,1-3H3,(H2,12,13,14). The van der Waals surface area contributed by atoms with Crippen LogP contribution in [0.4, 0.5) is 0 Å². The van der Waals surface area contributed by atoms with Gasteiger partial charge in [0.1, 0.15) is 0 Å². The summed E-state index contributed by atoms with van der Waals surface area (Å²) in [5, 5.41) is 6.31. The van der Waals surface area contributed by atoms with E-state index in [1.54, 1.807) is 7.05 Å². The lowest BCUT2D eigenvalue weighted by atomic mass is 9.84. The molecule has 0 aromatic rings. The zero-order valence-electron chi connectivity index (χ0n) is 10.1. The summed E-state index contributed by atoms with van der Waals surface area (Å²) < 4.78 is 5.67. The molecule has 0 radical (unpaired) electrons. The van der Waals surface area contributed by atoms with E-state index in [0.29, 0.717) is 0 Å². The summed E-state index contributed by atoms with van der Waals surface area (Å²) in [6.07, 6.45) is 6.18. The summed E-state index contributed by atoms with van der Waals surface area (Å²) in [7, 11) is 5.46. The van der Waals surface area contributed by atoms with E-state index in [2.05, 4.69) is 15.6 Å². The summed E-state index contributed by atoms with van der Waals surface area (Å²) in [6.45, 7) is 0.844. The lowest BCUT2D eigenvalue weighted by Gasteiger charge is -2.36. The topological polar surface area (TPSA) is 45.7 Å². The van der Waals surface area contributed by atoms with Crippen molar-refractivity contribution in [3.63, 3.8) is 0 Å². The molecule has 0 aromatic heterocycles. The third-order valence-corrected chi connectivity index (χ3v) is 3.24. The molecule has 0 aliphatic heterocycles. The molecule has 1 fully saturated rings. The molecular formula is C11H23N3O. The van der Waals surface area contributed by atoms with Gasteiger partial charge in [0.15, 0.2) is 5.96 Å². The fourth-order valence-electron chi connectivity index (χ4n) is 2.17. The molecule has 0 unspecified atom stereocenters. The highest BCUT2D eigenvalue weighted by molar-refractivity contribution is 5.79. The van der Waals surface area contributed by atoms with Gasteiger partial charge in [0.05, 0.1) is 5.60 Å². The maximum absolute atomic E-state index is 5.67. The Balaban J connectivity index is 2.45. The maximum Gasteiger partial charge on any atom is 0.190 e. The molecule has 0 saturated heterocycles. The predicted molar refractivity (Wildman–Crippen MR) is 63.2 cm³/mol. The van der Waals surface area contributed by atoms with Crippen molar-refractivity contribution in [2.24, 2.45) is 4.99 Å². The molecule has 0 aromatic carbocycles. The Morgan fingerprint density at radius 3 is 2.47 bits per heavy atom. The van der Waals surface area contributed by atoms with E-state index in [1.165, 1.54) is 19.3 Å². The Morgan fingerprint density at radius 1 is 1.33 bits per heavy atom. The summed E-state index contributed by atoms with van der Waals surface area (Å²) in [5.41, 5.74) is 0.0189. The number of methoxy groups -OCH3 is 1. The second kappa shape index (κ2) is 5.95. The van der Waals surface area contributed by atoms with Crippen molar-refractivity contribution in [1.82, 2.24) is 10.6 Å². The molecule has 88 valence electrons. The fourth-order valence-corrected chi connectivity index (χ4v) is 2.17. The molecule has 0 spiro atoms. The minimum atomic E-state index is 0.0189. The summed E-state index contributed by atoms with van der Waals surface area (Å²) in [4.78, 5) is 4.10. The molecule has 15 heavy (non-hydrogen) atoms. The summed E-state index contributed by atoms with van der Waals surface area (Å²) in [5.74, 6) is 0.831. The number of hydrogen-bond donors (Lipinski definition) is 2. The average molecular weight is 213 g/mol. The van der Waals surface area contributed by atoms with Gasteiger partial charge in [0.25, 0.3) is 0 Å². The second-order valence-corrected chi connectivity index (χ2v) is 4.12. The Bertz CT molecular complexity index is 210. The lowest BCUT2D eigenvalue weighted by molar-refractivity contribution is -0.0346. The Kier molecular flexibility index (Phi) is 4.88. The number of hydrogen-bond acceptors (Lipinski definition) is 2. The van der Waals surface area contributed by atoms with Crippen molar-refractivity contribution >= 4 is 5.96 Å². The van der Waals surface area contributed by atoms with Gasteiger partial charge in [-0.15, -0.1) is 0 Å². The lowest BCUT2D eigenvalue weighted by Crippen LogP contribution is -2.48. The van der Waals surface area contributed by atoms with Gasteiger partial charge >= 0.3 is 0 Å². The molecular weight excluding hydrogens is 190 g/mol. The molecule has 1 aliphatic rings. The van der Waals surface area contributed by atoms with Gasteiger partial charge in [-0.05, 0) is 12.8 Å². The highest BCUT2D eigenvalue weighted by Crippen LogP contribution is 2.30.